The summed E-state index contributed by atoms with van der Waals surface area (Å²) in [4.78, 5) is 16.7. The van der Waals surface area contributed by atoms with E-state index in [-0.39, 0.29) is 11.9 Å². The number of nitrogens with two attached hydrogens (primary N) is 1. The number of imidazole rings is 1. The average molecular weight is 286 g/mol. The lowest BCUT2D eigenvalue weighted by Gasteiger charge is -2.13. The molecule has 1 heterocycles. The van der Waals surface area contributed by atoms with E-state index in [1.165, 1.54) is 12.8 Å². The maximum Gasteiger partial charge on any atom is 0.240 e. The Bertz CT molecular complexity index is 645. The summed E-state index contributed by atoms with van der Waals surface area (Å²) in [6.07, 6.45) is 3.20. The molecule has 0 saturated heterocycles. The number of aryl methyl sites for hydroxylation is 1. The van der Waals surface area contributed by atoms with E-state index in [2.05, 4.69) is 17.2 Å². The summed E-state index contributed by atoms with van der Waals surface area (Å²) in [6, 6.07) is 8.02. The third-order valence-electron chi connectivity index (χ3n) is 4.11. The van der Waals surface area contributed by atoms with Crippen molar-refractivity contribution in [2.75, 3.05) is 6.54 Å². The van der Waals surface area contributed by atoms with Gasteiger partial charge in [0.05, 0.1) is 11.0 Å². The standard InChI is InChI=1S/C16H22N4O/c1-2-15-19-13-5-3-4-6-14(13)20(15)10-16(21)18-9-12(17)11-7-8-11/h3-6,11-12H,2,7-10,17H2,1H3,(H,18,21). The zero-order valence-electron chi connectivity index (χ0n) is 12.4. The minimum Gasteiger partial charge on any atom is -0.353 e. The van der Waals surface area contributed by atoms with Gasteiger partial charge in [-0.05, 0) is 30.9 Å². The number of fused-ring (bicyclic) bond motifs is 1. The van der Waals surface area contributed by atoms with Crippen LogP contribution in [-0.2, 0) is 17.8 Å². The zero-order valence-corrected chi connectivity index (χ0v) is 12.4. The molecule has 3 N–H and O–H groups in total. The fraction of sp³-hybridized carbons (Fsp3) is 0.500. The fourth-order valence-electron chi connectivity index (χ4n) is 2.69. The molecule has 0 radical (unpaired) electrons. The molecule has 0 aliphatic heterocycles. The molecule has 1 aliphatic carbocycles. The predicted octanol–water partition coefficient (Wildman–Crippen LogP) is 1.45. The summed E-state index contributed by atoms with van der Waals surface area (Å²) in [5.74, 6) is 1.55. The number of carbonyl (C=O) groups excluding carboxylic acids is 1. The van der Waals surface area contributed by atoms with E-state index < -0.39 is 0 Å². The Morgan fingerprint density at radius 3 is 2.95 bits per heavy atom. The summed E-state index contributed by atoms with van der Waals surface area (Å²) in [5.41, 5.74) is 7.97. The highest BCUT2D eigenvalue weighted by molar-refractivity contribution is 5.81. The van der Waals surface area contributed by atoms with Gasteiger partial charge in [0.25, 0.3) is 0 Å². The van der Waals surface area contributed by atoms with E-state index >= 15 is 0 Å². The second-order valence-electron chi connectivity index (χ2n) is 5.76. The van der Waals surface area contributed by atoms with Gasteiger partial charge in [-0.25, -0.2) is 4.98 Å². The van der Waals surface area contributed by atoms with Crippen LogP contribution >= 0.6 is 0 Å². The van der Waals surface area contributed by atoms with Crippen LogP contribution in [0.1, 0.15) is 25.6 Å². The van der Waals surface area contributed by atoms with Gasteiger partial charge in [-0.1, -0.05) is 19.1 Å². The Balaban J connectivity index is 1.69. The van der Waals surface area contributed by atoms with Crippen molar-refractivity contribution in [1.29, 1.82) is 0 Å². The average Bonchev–Trinajstić information content (AvgIpc) is 3.29. The molecule has 2 aromatic rings. The van der Waals surface area contributed by atoms with Crippen LogP contribution in [0.4, 0.5) is 0 Å². The first-order chi connectivity index (χ1) is 10.2. The van der Waals surface area contributed by atoms with Gasteiger partial charge in [-0.3, -0.25) is 4.79 Å². The molecule has 3 rings (SSSR count). The topological polar surface area (TPSA) is 72.9 Å². The Kier molecular flexibility index (Phi) is 3.92. The van der Waals surface area contributed by atoms with Crippen molar-refractivity contribution in [2.24, 2.45) is 11.7 Å². The summed E-state index contributed by atoms with van der Waals surface area (Å²) in [5, 5.41) is 2.95. The first-order valence-electron chi connectivity index (χ1n) is 7.65. The molecule has 112 valence electrons. The third kappa shape index (κ3) is 3.08. The molecule has 1 saturated carbocycles. The number of carbonyl (C=O) groups is 1. The van der Waals surface area contributed by atoms with E-state index in [4.69, 9.17) is 5.73 Å². The van der Waals surface area contributed by atoms with Gasteiger partial charge in [0, 0.05) is 19.0 Å². The van der Waals surface area contributed by atoms with Crippen LogP contribution in [0.3, 0.4) is 0 Å². The fourth-order valence-corrected chi connectivity index (χ4v) is 2.69. The Morgan fingerprint density at radius 1 is 1.48 bits per heavy atom. The highest BCUT2D eigenvalue weighted by Gasteiger charge is 2.28. The van der Waals surface area contributed by atoms with Crippen molar-refractivity contribution >= 4 is 16.9 Å². The number of nitrogens with one attached hydrogen (secondary N) is 1. The maximum absolute atomic E-state index is 12.2. The van der Waals surface area contributed by atoms with Crippen LogP contribution < -0.4 is 11.1 Å². The number of nitrogens with zero attached hydrogens (tertiary/aromatic N) is 2. The number of rotatable bonds is 6. The molecule has 1 amide bonds. The van der Waals surface area contributed by atoms with E-state index in [9.17, 15) is 4.79 Å². The molecule has 1 aromatic carbocycles. The van der Waals surface area contributed by atoms with Gasteiger partial charge in [0.2, 0.25) is 5.91 Å². The number of benzene rings is 1. The highest BCUT2D eigenvalue weighted by Crippen LogP contribution is 2.31. The molecule has 1 atom stereocenters. The van der Waals surface area contributed by atoms with Crippen LogP contribution in [0.5, 0.6) is 0 Å². The predicted molar refractivity (Wildman–Crippen MR) is 82.8 cm³/mol. The van der Waals surface area contributed by atoms with Gasteiger partial charge >= 0.3 is 0 Å². The lowest BCUT2D eigenvalue weighted by atomic mass is 10.2. The van der Waals surface area contributed by atoms with Crippen LogP contribution in [-0.4, -0.2) is 28.0 Å². The van der Waals surface area contributed by atoms with Gasteiger partial charge in [0.15, 0.2) is 0 Å². The molecule has 1 aliphatic rings. The lowest BCUT2D eigenvalue weighted by molar-refractivity contribution is -0.121. The van der Waals surface area contributed by atoms with Crippen molar-refractivity contribution < 1.29 is 4.79 Å². The van der Waals surface area contributed by atoms with Gasteiger partial charge in [-0.2, -0.15) is 0 Å². The smallest absolute Gasteiger partial charge is 0.240 e. The van der Waals surface area contributed by atoms with E-state index in [0.29, 0.717) is 19.0 Å². The zero-order chi connectivity index (χ0) is 14.8. The molecular formula is C16H22N4O. The van der Waals surface area contributed by atoms with Crippen LogP contribution in [0.15, 0.2) is 24.3 Å². The Hall–Kier alpha value is -1.88. The number of hydrogen-bond donors (Lipinski definition) is 2. The van der Waals surface area contributed by atoms with E-state index in [1.54, 1.807) is 0 Å². The minimum atomic E-state index is 0.00366. The quantitative estimate of drug-likeness (QED) is 0.844. The largest absolute Gasteiger partial charge is 0.353 e. The normalized spacial score (nSPS) is 16.1. The highest BCUT2D eigenvalue weighted by atomic mass is 16.1. The Labute approximate surface area is 124 Å². The molecule has 21 heavy (non-hydrogen) atoms. The molecule has 1 fully saturated rings. The summed E-state index contributed by atoms with van der Waals surface area (Å²) in [7, 11) is 0. The van der Waals surface area contributed by atoms with Crippen molar-refractivity contribution in [1.82, 2.24) is 14.9 Å². The molecule has 5 heteroatoms. The number of para-hydroxylation sites is 2. The van der Waals surface area contributed by atoms with Crippen molar-refractivity contribution in [3.63, 3.8) is 0 Å². The first-order valence-corrected chi connectivity index (χ1v) is 7.65. The minimum absolute atomic E-state index is 0.00366. The van der Waals surface area contributed by atoms with Crippen molar-refractivity contribution in [3.8, 4) is 0 Å². The number of hydrogen-bond acceptors (Lipinski definition) is 3. The molecule has 0 bridgehead atoms. The second-order valence-corrected chi connectivity index (χ2v) is 5.76. The summed E-state index contributed by atoms with van der Waals surface area (Å²) in [6.45, 7) is 2.93. The van der Waals surface area contributed by atoms with Crippen LogP contribution in [0.2, 0.25) is 0 Å². The van der Waals surface area contributed by atoms with E-state index in [1.807, 2.05) is 28.8 Å². The van der Waals surface area contributed by atoms with Crippen molar-refractivity contribution in [3.05, 3.63) is 30.1 Å². The summed E-state index contributed by atoms with van der Waals surface area (Å²) >= 11 is 0. The maximum atomic E-state index is 12.2. The van der Waals surface area contributed by atoms with E-state index in [0.717, 1.165) is 23.3 Å². The van der Waals surface area contributed by atoms with Gasteiger partial charge < -0.3 is 15.6 Å². The second kappa shape index (κ2) is 5.85. The first kappa shape index (κ1) is 14.1. The van der Waals surface area contributed by atoms with Crippen LogP contribution in [0, 0.1) is 5.92 Å². The molecule has 1 unspecified atom stereocenters. The molecule has 5 nitrogen and oxygen atoms in total. The summed E-state index contributed by atoms with van der Waals surface area (Å²) < 4.78 is 1.99. The monoisotopic (exact) mass is 286 g/mol. The van der Waals surface area contributed by atoms with Crippen molar-refractivity contribution in [2.45, 2.75) is 38.8 Å². The molecular weight excluding hydrogens is 264 g/mol. The van der Waals surface area contributed by atoms with Crippen LogP contribution in [0.25, 0.3) is 11.0 Å². The number of amides is 1. The SMILES string of the molecule is CCc1nc2ccccc2n1CC(=O)NCC(N)C1CC1. The third-order valence-corrected chi connectivity index (χ3v) is 4.11. The van der Waals surface area contributed by atoms with Gasteiger partial charge in [0.1, 0.15) is 12.4 Å². The lowest BCUT2D eigenvalue weighted by Crippen LogP contribution is -2.40. The van der Waals surface area contributed by atoms with Gasteiger partial charge in [-0.15, -0.1) is 0 Å². The Morgan fingerprint density at radius 2 is 2.24 bits per heavy atom. The molecule has 1 aromatic heterocycles. The molecule has 0 spiro atoms. The number of aromatic nitrogens is 2.